The van der Waals surface area contributed by atoms with Crippen LogP contribution in [0, 0.1) is 0 Å². The fourth-order valence-electron chi connectivity index (χ4n) is 2.65. The number of H-pyrrole nitrogens is 1. The van der Waals surface area contributed by atoms with Gasteiger partial charge in [-0.15, -0.1) is 24.8 Å². The third-order valence-corrected chi connectivity index (χ3v) is 3.70. The van der Waals surface area contributed by atoms with Gasteiger partial charge in [0.25, 0.3) is 5.91 Å². The van der Waals surface area contributed by atoms with Crippen LogP contribution in [0.4, 0.5) is 0 Å². The Bertz CT molecular complexity index is 603. The number of nitrogens with one attached hydrogen (secondary N) is 2. The monoisotopic (exact) mass is 342 g/mol. The fraction of sp³-hybridized carbons (Fsp3) is 0.333. The van der Waals surface area contributed by atoms with Crippen LogP contribution in [0.25, 0.3) is 11.4 Å². The Kier molecular flexibility index (Phi) is 6.87. The number of hydrogen-bond acceptors (Lipinski definition) is 3. The normalized spacial score (nSPS) is 19.9. The lowest BCUT2D eigenvalue weighted by molar-refractivity contribution is 0.0937. The lowest BCUT2D eigenvalue weighted by atomic mass is 10.1. The third kappa shape index (κ3) is 4.22. The summed E-state index contributed by atoms with van der Waals surface area (Å²) in [5, 5.41) is 3.05. The number of hydrogen-bond donors (Lipinski definition) is 3. The Balaban J connectivity index is 0.00000121. The van der Waals surface area contributed by atoms with Gasteiger partial charge in [-0.1, -0.05) is 12.1 Å². The molecule has 1 fully saturated rings. The fourth-order valence-corrected chi connectivity index (χ4v) is 2.65. The second-order valence-electron chi connectivity index (χ2n) is 5.26. The van der Waals surface area contributed by atoms with Crippen LogP contribution in [0.5, 0.6) is 0 Å². The highest BCUT2D eigenvalue weighted by Crippen LogP contribution is 2.19. The van der Waals surface area contributed by atoms with E-state index in [1.807, 2.05) is 24.3 Å². The van der Waals surface area contributed by atoms with E-state index in [1.54, 1.807) is 12.4 Å². The highest BCUT2D eigenvalue weighted by Gasteiger charge is 2.23. The molecule has 0 unspecified atom stereocenters. The lowest BCUT2D eigenvalue weighted by Crippen LogP contribution is -2.34. The van der Waals surface area contributed by atoms with E-state index in [9.17, 15) is 4.79 Å². The zero-order chi connectivity index (χ0) is 13.9. The predicted octanol–water partition coefficient (Wildman–Crippen LogP) is 2.53. The van der Waals surface area contributed by atoms with Crippen molar-refractivity contribution >= 4 is 30.7 Å². The number of carbonyl (C=O) groups excluding carboxylic acids is 1. The van der Waals surface area contributed by atoms with Gasteiger partial charge < -0.3 is 16.0 Å². The minimum atomic E-state index is -0.0440. The molecule has 22 heavy (non-hydrogen) atoms. The van der Waals surface area contributed by atoms with Gasteiger partial charge in [-0.05, 0) is 31.4 Å². The molecule has 7 heteroatoms. The van der Waals surface area contributed by atoms with Gasteiger partial charge in [-0.2, -0.15) is 0 Å². The Labute approximate surface area is 141 Å². The minimum Gasteiger partial charge on any atom is -0.349 e. The zero-order valence-electron chi connectivity index (χ0n) is 12.0. The van der Waals surface area contributed by atoms with Crippen molar-refractivity contribution in [3.8, 4) is 11.4 Å². The highest BCUT2D eigenvalue weighted by atomic mass is 35.5. The van der Waals surface area contributed by atoms with Gasteiger partial charge in [0.2, 0.25) is 0 Å². The van der Waals surface area contributed by atoms with Crippen LogP contribution in [-0.2, 0) is 0 Å². The molecule has 1 amide bonds. The maximum atomic E-state index is 12.2. The summed E-state index contributed by atoms with van der Waals surface area (Å²) in [6, 6.07) is 7.88. The molecule has 3 rings (SSSR count). The van der Waals surface area contributed by atoms with Gasteiger partial charge >= 0.3 is 0 Å². The quantitative estimate of drug-likeness (QED) is 0.801. The highest BCUT2D eigenvalue weighted by molar-refractivity contribution is 5.95. The van der Waals surface area contributed by atoms with Crippen LogP contribution in [0.2, 0.25) is 0 Å². The zero-order valence-corrected chi connectivity index (χ0v) is 13.6. The van der Waals surface area contributed by atoms with E-state index in [4.69, 9.17) is 5.73 Å². The van der Waals surface area contributed by atoms with Crippen molar-refractivity contribution in [2.24, 2.45) is 5.73 Å². The first-order chi connectivity index (χ1) is 9.72. The number of carbonyl (C=O) groups is 1. The van der Waals surface area contributed by atoms with Gasteiger partial charge in [0.15, 0.2) is 0 Å². The number of halogens is 2. The molecule has 1 heterocycles. The molecule has 0 spiro atoms. The van der Waals surface area contributed by atoms with Crippen LogP contribution >= 0.6 is 24.8 Å². The second kappa shape index (κ2) is 8.17. The van der Waals surface area contributed by atoms with Crippen LogP contribution in [0.3, 0.4) is 0 Å². The van der Waals surface area contributed by atoms with Gasteiger partial charge in [0.05, 0.1) is 0 Å². The first-order valence-corrected chi connectivity index (χ1v) is 6.88. The van der Waals surface area contributed by atoms with Crippen LogP contribution in [0.1, 0.15) is 29.6 Å². The van der Waals surface area contributed by atoms with Crippen LogP contribution < -0.4 is 11.1 Å². The third-order valence-electron chi connectivity index (χ3n) is 3.70. The van der Waals surface area contributed by atoms with Gasteiger partial charge in [-0.3, -0.25) is 4.79 Å². The molecule has 5 nitrogen and oxygen atoms in total. The molecular weight excluding hydrogens is 323 g/mol. The summed E-state index contributed by atoms with van der Waals surface area (Å²) in [5.74, 6) is 0.722. The van der Waals surface area contributed by atoms with E-state index in [0.717, 1.165) is 30.7 Å². The molecule has 0 saturated heterocycles. The molecule has 1 aromatic carbocycles. The SMILES string of the molecule is Cl.Cl.N[C@@H]1CC[C@@H](NC(=O)c2cccc(-c3ncc[nH]3)c2)C1. The number of rotatable bonds is 3. The van der Waals surface area contributed by atoms with Gasteiger partial charge in [0, 0.05) is 35.6 Å². The van der Waals surface area contributed by atoms with E-state index in [1.165, 1.54) is 0 Å². The standard InChI is InChI=1S/C15H18N4O.2ClH/c16-12-4-5-13(9-12)19-15(20)11-3-1-2-10(8-11)14-17-6-7-18-14;;/h1-3,6-8,12-13H,4-5,9,16H2,(H,17,18)(H,19,20);2*1H/t12-,13-;;/m1../s1. The largest absolute Gasteiger partial charge is 0.349 e. The van der Waals surface area contributed by atoms with Crippen molar-refractivity contribution in [2.75, 3.05) is 0 Å². The first kappa shape index (κ1) is 18.5. The maximum absolute atomic E-state index is 12.2. The number of amides is 1. The Morgan fingerprint density at radius 3 is 2.77 bits per heavy atom. The summed E-state index contributed by atoms with van der Waals surface area (Å²) in [6.07, 6.45) is 6.27. The molecule has 1 aromatic heterocycles. The molecule has 0 radical (unpaired) electrons. The smallest absolute Gasteiger partial charge is 0.251 e. The Hall–Kier alpha value is -1.56. The van der Waals surface area contributed by atoms with E-state index in [0.29, 0.717) is 5.56 Å². The Morgan fingerprint density at radius 1 is 1.32 bits per heavy atom. The Morgan fingerprint density at radius 2 is 2.14 bits per heavy atom. The first-order valence-electron chi connectivity index (χ1n) is 6.88. The maximum Gasteiger partial charge on any atom is 0.251 e. The van der Waals surface area contributed by atoms with Crippen molar-refractivity contribution in [2.45, 2.75) is 31.3 Å². The van der Waals surface area contributed by atoms with Crippen molar-refractivity contribution in [1.82, 2.24) is 15.3 Å². The van der Waals surface area contributed by atoms with Crippen molar-refractivity contribution in [3.63, 3.8) is 0 Å². The van der Waals surface area contributed by atoms with Gasteiger partial charge in [-0.25, -0.2) is 4.98 Å². The number of benzene rings is 1. The number of aromatic nitrogens is 2. The van der Waals surface area contributed by atoms with Crippen LogP contribution in [0.15, 0.2) is 36.7 Å². The molecule has 2 atom stereocenters. The minimum absolute atomic E-state index is 0. The van der Waals surface area contributed by atoms with Crippen molar-refractivity contribution in [3.05, 3.63) is 42.2 Å². The van der Waals surface area contributed by atoms with E-state index >= 15 is 0 Å². The summed E-state index contributed by atoms with van der Waals surface area (Å²) in [7, 11) is 0. The molecule has 120 valence electrons. The predicted molar refractivity (Wildman–Crippen MR) is 91.6 cm³/mol. The molecule has 1 saturated carbocycles. The summed E-state index contributed by atoms with van der Waals surface area (Å²) >= 11 is 0. The van der Waals surface area contributed by atoms with Crippen molar-refractivity contribution < 1.29 is 4.79 Å². The topological polar surface area (TPSA) is 83.8 Å². The second-order valence-corrected chi connectivity index (χ2v) is 5.26. The molecule has 2 aromatic rings. The average Bonchev–Trinajstić information content (AvgIpc) is 3.11. The number of nitrogens with zero attached hydrogens (tertiary/aromatic N) is 1. The van der Waals surface area contributed by atoms with E-state index < -0.39 is 0 Å². The van der Waals surface area contributed by atoms with E-state index in [2.05, 4.69) is 15.3 Å². The van der Waals surface area contributed by atoms with Gasteiger partial charge in [0.1, 0.15) is 5.82 Å². The molecule has 4 N–H and O–H groups in total. The number of imidazole rings is 1. The molecule has 0 bridgehead atoms. The molecule has 0 aliphatic heterocycles. The average molecular weight is 343 g/mol. The lowest BCUT2D eigenvalue weighted by Gasteiger charge is -2.12. The summed E-state index contributed by atoms with van der Waals surface area (Å²) in [5.41, 5.74) is 7.42. The molecular formula is C15H20Cl2N4O. The summed E-state index contributed by atoms with van der Waals surface area (Å²) < 4.78 is 0. The molecule has 1 aliphatic rings. The number of nitrogens with two attached hydrogens (primary N) is 1. The van der Waals surface area contributed by atoms with E-state index in [-0.39, 0.29) is 42.8 Å². The molecule has 1 aliphatic carbocycles. The van der Waals surface area contributed by atoms with Crippen LogP contribution in [-0.4, -0.2) is 28.0 Å². The summed E-state index contributed by atoms with van der Waals surface area (Å²) in [4.78, 5) is 19.5. The summed E-state index contributed by atoms with van der Waals surface area (Å²) in [6.45, 7) is 0. The number of aromatic amines is 1. The van der Waals surface area contributed by atoms with Crippen molar-refractivity contribution in [1.29, 1.82) is 0 Å².